The molecule has 19 heavy (non-hydrogen) atoms. The van der Waals surface area contributed by atoms with Crippen LogP contribution in [0.15, 0.2) is 24.3 Å². The molecule has 0 aliphatic carbocycles. The van der Waals surface area contributed by atoms with Crippen LogP contribution in [0.3, 0.4) is 0 Å². The van der Waals surface area contributed by atoms with Gasteiger partial charge in [0.2, 0.25) is 5.91 Å². The third-order valence-corrected chi connectivity index (χ3v) is 3.33. The normalized spacial score (nSPS) is 16.7. The number of para-hydroxylation sites is 2. The Morgan fingerprint density at radius 3 is 2.58 bits per heavy atom. The summed E-state index contributed by atoms with van der Waals surface area (Å²) >= 11 is 0. The van der Waals surface area contributed by atoms with E-state index in [9.17, 15) is 4.79 Å². The number of methoxy groups -OCH3 is 1. The number of benzene rings is 1. The first-order valence-corrected chi connectivity index (χ1v) is 6.41. The third-order valence-electron chi connectivity index (χ3n) is 3.33. The van der Waals surface area contributed by atoms with Crippen molar-refractivity contribution < 1.29 is 14.3 Å². The Bertz CT molecular complexity index is 444. The molecule has 1 amide bonds. The zero-order valence-corrected chi connectivity index (χ0v) is 11.6. The van der Waals surface area contributed by atoms with Crippen molar-refractivity contribution in [3.63, 3.8) is 0 Å². The molecule has 1 heterocycles. The lowest BCUT2D eigenvalue weighted by molar-refractivity contribution is -0.141. The summed E-state index contributed by atoms with van der Waals surface area (Å²) in [5.74, 6) is 1.56. The zero-order chi connectivity index (χ0) is 13.8. The van der Waals surface area contributed by atoms with Crippen molar-refractivity contribution in [2.24, 2.45) is 0 Å². The van der Waals surface area contributed by atoms with Gasteiger partial charge in [-0.05, 0) is 26.1 Å². The second kappa shape index (κ2) is 5.93. The maximum atomic E-state index is 11.9. The highest BCUT2D eigenvalue weighted by Gasteiger charge is 2.34. The second-order valence-electron chi connectivity index (χ2n) is 4.64. The van der Waals surface area contributed by atoms with E-state index in [0.717, 1.165) is 11.5 Å². The van der Waals surface area contributed by atoms with Gasteiger partial charge in [0, 0.05) is 0 Å². The number of nitrogens with one attached hydrogen (secondary N) is 1. The van der Waals surface area contributed by atoms with Gasteiger partial charge in [-0.25, -0.2) is 0 Å². The number of amides is 1. The molecule has 1 fully saturated rings. The van der Waals surface area contributed by atoms with E-state index in [1.165, 1.54) is 0 Å². The molecular formula is C14H20N2O3. The molecule has 104 valence electrons. The van der Waals surface area contributed by atoms with Crippen molar-refractivity contribution in [3.05, 3.63) is 24.3 Å². The van der Waals surface area contributed by atoms with Gasteiger partial charge in [0.05, 0.1) is 26.2 Å². The molecule has 0 spiro atoms. The highest BCUT2D eigenvalue weighted by molar-refractivity contribution is 5.82. The number of nitrogens with zero attached hydrogens (tertiary/aromatic N) is 1. The lowest BCUT2D eigenvalue weighted by atomic mass is 10.1. The fourth-order valence-corrected chi connectivity index (χ4v) is 1.99. The van der Waals surface area contributed by atoms with Gasteiger partial charge in [0.25, 0.3) is 0 Å². The number of carbonyl (C=O) groups excluding carboxylic acids is 1. The van der Waals surface area contributed by atoms with Crippen LogP contribution >= 0.6 is 0 Å². The SMILES string of the molecule is CN[C@@H](C)C(=O)N1CC(Oc2ccccc2OC)C1. The number of likely N-dealkylation sites (tertiary alicyclic amines) is 1. The van der Waals surface area contributed by atoms with Gasteiger partial charge in [-0.2, -0.15) is 0 Å². The summed E-state index contributed by atoms with van der Waals surface area (Å²) in [6, 6.07) is 7.39. The molecule has 5 nitrogen and oxygen atoms in total. The number of hydrogen-bond acceptors (Lipinski definition) is 4. The van der Waals surface area contributed by atoms with Crippen molar-refractivity contribution in [1.82, 2.24) is 10.2 Å². The summed E-state index contributed by atoms with van der Waals surface area (Å²) in [5, 5.41) is 2.94. The van der Waals surface area contributed by atoms with Gasteiger partial charge in [0.15, 0.2) is 11.5 Å². The molecule has 1 N–H and O–H groups in total. The molecule has 1 aromatic rings. The lowest BCUT2D eigenvalue weighted by Gasteiger charge is -2.40. The Balaban J connectivity index is 1.86. The highest BCUT2D eigenvalue weighted by Crippen LogP contribution is 2.28. The van der Waals surface area contributed by atoms with Crippen LogP contribution in [0.25, 0.3) is 0 Å². The molecule has 1 aromatic carbocycles. The predicted molar refractivity (Wildman–Crippen MR) is 72.5 cm³/mol. The van der Waals surface area contributed by atoms with E-state index in [4.69, 9.17) is 9.47 Å². The third kappa shape index (κ3) is 2.98. The summed E-state index contributed by atoms with van der Waals surface area (Å²) < 4.78 is 11.1. The zero-order valence-electron chi connectivity index (χ0n) is 11.6. The molecule has 0 bridgehead atoms. The van der Waals surface area contributed by atoms with Crippen LogP contribution in [-0.2, 0) is 4.79 Å². The molecule has 0 radical (unpaired) electrons. The summed E-state index contributed by atoms with van der Waals surface area (Å²) in [4.78, 5) is 13.7. The molecular weight excluding hydrogens is 244 g/mol. The summed E-state index contributed by atoms with van der Waals surface area (Å²) in [6.45, 7) is 3.11. The van der Waals surface area contributed by atoms with Crippen LogP contribution in [0, 0.1) is 0 Å². The predicted octanol–water partition coefficient (Wildman–Crippen LogP) is 0.893. The largest absolute Gasteiger partial charge is 0.493 e. The van der Waals surface area contributed by atoms with Gasteiger partial charge in [-0.3, -0.25) is 4.79 Å². The molecule has 1 saturated heterocycles. The van der Waals surface area contributed by atoms with Gasteiger partial charge in [-0.1, -0.05) is 12.1 Å². The summed E-state index contributed by atoms with van der Waals surface area (Å²) in [5.41, 5.74) is 0. The first-order chi connectivity index (χ1) is 9.15. The van der Waals surface area contributed by atoms with Gasteiger partial charge in [0.1, 0.15) is 6.10 Å². The maximum Gasteiger partial charge on any atom is 0.239 e. The number of carbonyl (C=O) groups is 1. The fourth-order valence-electron chi connectivity index (χ4n) is 1.99. The second-order valence-corrected chi connectivity index (χ2v) is 4.64. The fraction of sp³-hybridized carbons (Fsp3) is 0.500. The molecule has 2 rings (SSSR count). The molecule has 1 aliphatic rings. The molecule has 1 atom stereocenters. The van der Waals surface area contributed by atoms with Crippen LogP contribution in [-0.4, -0.2) is 50.2 Å². The van der Waals surface area contributed by atoms with Crippen molar-refractivity contribution in [2.75, 3.05) is 27.2 Å². The van der Waals surface area contributed by atoms with Crippen molar-refractivity contribution >= 4 is 5.91 Å². The topological polar surface area (TPSA) is 50.8 Å². The van der Waals surface area contributed by atoms with Crippen LogP contribution in [0.4, 0.5) is 0 Å². The standard InChI is InChI=1S/C14H20N2O3/c1-10(15-2)14(17)16-8-11(9-16)19-13-7-5-4-6-12(13)18-3/h4-7,10-11,15H,8-9H2,1-3H3/t10-/m0/s1. The van der Waals surface area contributed by atoms with Crippen LogP contribution in [0.1, 0.15) is 6.92 Å². The average molecular weight is 264 g/mol. The van der Waals surface area contributed by atoms with Crippen molar-refractivity contribution in [1.29, 1.82) is 0 Å². The number of likely N-dealkylation sites (N-methyl/N-ethyl adjacent to an activating group) is 1. The average Bonchev–Trinajstić information content (AvgIpc) is 2.41. The summed E-state index contributed by atoms with van der Waals surface area (Å²) in [6.07, 6.45) is 0.0457. The van der Waals surface area contributed by atoms with Crippen molar-refractivity contribution in [3.8, 4) is 11.5 Å². The minimum absolute atomic E-state index is 0.0457. The summed E-state index contributed by atoms with van der Waals surface area (Å²) in [7, 11) is 3.40. The molecule has 0 unspecified atom stereocenters. The van der Waals surface area contributed by atoms with E-state index in [0.29, 0.717) is 13.1 Å². The molecule has 0 aromatic heterocycles. The highest BCUT2D eigenvalue weighted by atomic mass is 16.5. The number of rotatable bonds is 5. The van der Waals surface area contributed by atoms with Crippen LogP contribution in [0.2, 0.25) is 0 Å². The van der Waals surface area contributed by atoms with Crippen LogP contribution < -0.4 is 14.8 Å². The Kier molecular flexibility index (Phi) is 4.27. The quantitative estimate of drug-likeness (QED) is 0.858. The Morgan fingerprint density at radius 1 is 1.37 bits per heavy atom. The minimum Gasteiger partial charge on any atom is -0.493 e. The first-order valence-electron chi connectivity index (χ1n) is 6.41. The van der Waals surface area contributed by atoms with E-state index in [-0.39, 0.29) is 18.1 Å². The molecule has 0 saturated carbocycles. The van der Waals surface area contributed by atoms with E-state index in [2.05, 4.69) is 5.32 Å². The first kappa shape index (κ1) is 13.7. The van der Waals surface area contributed by atoms with E-state index < -0.39 is 0 Å². The Hall–Kier alpha value is -1.75. The van der Waals surface area contributed by atoms with Gasteiger partial charge in [-0.15, -0.1) is 0 Å². The van der Waals surface area contributed by atoms with Gasteiger partial charge >= 0.3 is 0 Å². The van der Waals surface area contributed by atoms with E-state index in [1.54, 1.807) is 19.1 Å². The van der Waals surface area contributed by atoms with Crippen LogP contribution in [0.5, 0.6) is 11.5 Å². The lowest BCUT2D eigenvalue weighted by Crippen LogP contribution is -2.59. The molecule has 5 heteroatoms. The van der Waals surface area contributed by atoms with Gasteiger partial charge < -0.3 is 19.7 Å². The Morgan fingerprint density at radius 2 is 2.00 bits per heavy atom. The molecule has 1 aliphatic heterocycles. The number of ether oxygens (including phenoxy) is 2. The monoisotopic (exact) mass is 264 g/mol. The maximum absolute atomic E-state index is 11.9. The minimum atomic E-state index is -0.146. The Labute approximate surface area is 113 Å². The smallest absolute Gasteiger partial charge is 0.239 e. The number of hydrogen-bond donors (Lipinski definition) is 1. The van der Waals surface area contributed by atoms with Crippen molar-refractivity contribution in [2.45, 2.75) is 19.1 Å². The van der Waals surface area contributed by atoms with E-state index >= 15 is 0 Å². The van der Waals surface area contributed by atoms with E-state index in [1.807, 2.05) is 31.2 Å².